The Morgan fingerprint density at radius 2 is 1.29 bits per heavy atom. The zero-order chi connectivity index (χ0) is 16.3. The number of rotatable bonds is 4. The van der Waals surface area contributed by atoms with E-state index < -0.39 is 18.0 Å². The maximum absolute atomic E-state index is 11.8. The Balaban J connectivity index is 0.00000208. The standard InChI is InChI=1S/C18H14O3PS.Na/c19-23(20,21)18-14-8-7-13-17(18)22(15-9-3-1-4-10-15)16-11-5-2-6-12-16;/h1-13H,(H,19,20,21);/q-1;+1. The van der Waals surface area contributed by atoms with Crippen LogP contribution in [-0.2, 0) is 10.1 Å². The summed E-state index contributed by atoms with van der Waals surface area (Å²) in [6.45, 7) is 0. The second-order valence-electron chi connectivity index (χ2n) is 4.87. The van der Waals surface area contributed by atoms with Crippen LogP contribution in [0.25, 0.3) is 0 Å². The van der Waals surface area contributed by atoms with Gasteiger partial charge in [-0.15, -0.1) is 5.30 Å². The van der Waals surface area contributed by atoms with Crippen molar-refractivity contribution >= 4 is 34.0 Å². The summed E-state index contributed by atoms with van der Waals surface area (Å²) in [5, 5.41) is 2.60. The number of benzene rings is 3. The fraction of sp³-hybridized carbons (Fsp3) is 0. The second kappa shape index (κ2) is 8.39. The largest absolute Gasteiger partial charge is 1.00 e. The summed E-state index contributed by atoms with van der Waals surface area (Å²) in [6, 6.07) is 27.1. The normalized spacial score (nSPS) is 11.1. The van der Waals surface area contributed by atoms with E-state index in [1.165, 1.54) is 6.07 Å². The topological polar surface area (TPSA) is 54.4 Å². The van der Waals surface area contributed by atoms with Crippen LogP contribution in [0.5, 0.6) is 0 Å². The van der Waals surface area contributed by atoms with Crippen LogP contribution in [0.1, 0.15) is 0 Å². The first-order valence-corrected chi connectivity index (χ1v) is 9.74. The molecule has 0 bridgehead atoms. The Hall–Kier alpha value is -1.000. The molecule has 1 N–H and O–H groups in total. The predicted molar refractivity (Wildman–Crippen MR) is 93.8 cm³/mol. The molecule has 116 valence electrons. The first kappa shape index (κ1) is 19.3. The first-order valence-electron chi connectivity index (χ1n) is 6.96. The van der Waals surface area contributed by atoms with Gasteiger partial charge in [-0.1, -0.05) is 68.6 Å². The van der Waals surface area contributed by atoms with Crippen LogP contribution in [-0.4, -0.2) is 13.0 Å². The third-order valence-electron chi connectivity index (χ3n) is 3.33. The zero-order valence-corrected chi connectivity index (χ0v) is 16.8. The SMILES string of the molecule is O=S(=O)(O)c1[c-]cccc1P(c1ccccc1)c1ccccc1.[Na+]. The van der Waals surface area contributed by atoms with E-state index in [0.29, 0.717) is 5.30 Å². The molecule has 0 heterocycles. The van der Waals surface area contributed by atoms with Gasteiger partial charge in [0, 0.05) is 0 Å². The smallest absolute Gasteiger partial charge is 0.283 e. The third kappa shape index (κ3) is 4.34. The molecule has 0 fully saturated rings. The Bertz CT molecular complexity index is 860. The minimum atomic E-state index is -4.33. The van der Waals surface area contributed by atoms with Crippen LogP contribution in [0.15, 0.2) is 83.8 Å². The van der Waals surface area contributed by atoms with E-state index in [1.54, 1.807) is 12.1 Å². The van der Waals surface area contributed by atoms with E-state index in [4.69, 9.17) is 0 Å². The Morgan fingerprint density at radius 1 is 0.792 bits per heavy atom. The van der Waals surface area contributed by atoms with Gasteiger partial charge in [0.1, 0.15) is 0 Å². The van der Waals surface area contributed by atoms with E-state index in [1.807, 2.05) is 60.7 Å². The molecule has 0 unspecified atom stereocenters. The first-order chi connectivity index (χ1) is 11.1. The second-order valence-corrected chi connectivity index (χ2v) is 8.41. The summed E-state index contributed by atoms with van der Waals surface area (Å²) in [7, 11) is -5.44. The molecule has 0 aliphatic rings. The van der Waals surface area contributed by atoms with E-state index in [9.17, 15) is 13.0 Å². The Morgan fingerprint density at radius 3 is 1.75 bits per heavy atom. The Kier molecular flexibility index (Phi) is 6.76. The van der Waals surface area contributed by atoms with Gasteiger partial charge in [0.25, 0.3) is 10.1 Å². The molecule has 0 amide bonds. The molecule has 3 rings (SSSR count). The molecule has 24 heavy (non-hydrogen) atoms. The van der Waals surface area contributed by atoms with Crippen LogP contribution in [0.3, 0.4) is 0 Å². The molecule has 3 aromatic carbocycles. The van der Waals surface area contributed by atoms with Crippen molar-refractivity contribution in [3.8, 4) is 0 Å². The van der Waals surface area contributed by atoms with Gasteiger partial charge in [-0.2, -0.15) is 32.7 Å². The van der Waals surface area contributed by atoms with Crippen LogP contribution in [0, 0.1) is 6.07 Å². The molecule has 0 saturated carbocycles. The minimum Gasteiger partial charge on any atom is -0.283 e. The molecule has 0 aliphatic carbocycles. The Labute approximate surface area is 165 Å². The number of hydrogen-bond donors (Lipinski definition) is 1. The molecule has 0 saturated heterocycles. The molecule has 3 nitrogen and oxygen atoms in total. The van der Waals surface area contributed by atoms with E-state index in [0.717, 1.165) is 10.6 Å². The summed E-state index contributed by atoms with van der Waals surface area (Å²) in [5.74, 6) is 0. The van der Waals surface area contributed by atoms with E-state index in [2.05, 4.69) is 6.07 Å². The monoisotopic (exact) mass is 364 g/mol. The van der Waals surface area contributed by atoms with Crippen molar-refractivity contribution in [1.82, 2.24) is 0 Å². The molecule has 0 aliphatic heterocycles. The van der Waals surface area contributed by atoms with Crippen molar-refractivity contribution in [2.75, 3.05) is 0 Å². The minimum absolute atomic E-state index is 0. The van der Waals surface area contributed by atoms with Crippen LogP contribution < -0.4 is 45.5 Å². The van der Waals surface area contributed by atoms with Gasteiger partial charge in [0.05, 0.1) is 0 Å². The molecule has 0 atom stereocenters. The number of hydrogen-bond acceptors (Lipinski definition) is 2. The van der Waals surface area contributed by atoms with Crippen LogP contribution >= 0.6 is 7.92 Å². The average Bonchev–Trinajstić information content (AvgIpc) is 2.57. The van der Waals surface area contributed by atoms with Crippen molar-refractivity contribution in [1.29, 1.82) is 0 Å². The molecular weight excluding hydrogens is 350 g/mol. The van der Waals surface area contributed by atoms with Gasteiger partial charge in [0.15, 0.2) is 0 Å². The van der Waals surface area contributed by atoms with Crippen molar-refractivity contribution < 1.29 is 42.5 Å². The van der Waals surface area contributed by atoms with Gasteiger partial charge < -0.3 is 0 Å². The average molecular weight is 364 g/mol. The summed E-state index contributed by atoms with van der Waals surface area (Å²) in [4.78, 5) is -0.154. The van der Waals surface area contributed by atoms with Gasteiger partial charge >= 0.3 is 29.6 Å². The molecular formula is C18H14NaO3PS. The van der Waals surface area contributed by atoms with Gasteiger partial charge in [-0.05, 0) is 15.5 Å². The van der Waals surface area contributed by atoms with Crippen molar-refractivity contribution in [2.45, 2.75) is 4.90 Å². The fourth-order valence-corrected chi connectivity index (χ4v) is 5.84. The molecule has 6 heteroatoms. The summed E-state index contributed by atoms with van der Waals surface area (Å²) in [6.07, 6.45) is 0. The van der Waals surface area contributed by atoms with E-state index >= 15 is 0 Å². The van der Waals surface area contributed by atoms with Gasteiger partial charge in [0.2, 0.25) is 0 Å². The van der Waals surface area contributed by atoms with Gasteiger partial charge in [-0.3, -0.25) is 4.55 Å². The summed E-state index contributed by atoms with van der Waals surface area (Å²) in [5.41, 5.74) is 0. The quantitative estimate of drug-likeness (QED) is 0.294. The van der Waals surface area contributed by atoms with Crippen LogP contribution in [0.2, 0.25) is 0 Å². The van der Waals surface area contributed by atoms with Gasteiger partial charge in [-0.25, -0.2) is 0 Å². The fourth-order valence-electron chi connectivity index (χ4n) is 2.38. The molecule has 0 aromatic heterocycles. The summed E-state index contributed by atoms with van der Waals surface area (Å²) >= 11 is 0. The predicted octanol–water partition coefficient (Wildman–Crippen LogP) is -0.504. The van der Waals surface area contributed by atoms with Crippen LogP contribution in [0.4, 0.5) is 0 Å². The van der Waals surface area contributed by atoms with Crippen molar-refractivity contribution in [2.24, 2.45) is 0 Å². The maximum Gasteiger partial charge on any atom is 1.00 e. The van der Waals surface area contributed by atoms with Crippen molar-refractivity contribution in [3.05, 3.63) is 84.9 Å². The van der Waals surface area contributed by atoms with E-state index in [-0.39, 0.29) is 34.5 Å². The van der Waals surface area contributed by atoms with Crippen molar-refractivity contribution in [3.63, 3.8) is 0 Å². The molecule has 0 spiro atoms. The zero-order valence-electron chi connectivity index (χ0n) is 13.1. The maximum atomic E-state index is 11.8. The summed E-state index contributed by atoms with van der Waals surface area (Å²) < 4.78 is 33.1. The third-order valence-corrected chi connectivity index (χ3v) is 6.81. The molecule has 0 radical (unpaired) electrons. The molecule has 3 aromatic rings.